The van der Waals surface area contributed by atoms with Crippen LogP contribution in [-0.2, 0) is 6.54 Å². The number of hydrogen-bond acceptors (Lipinski definition) is 4. The molecule has 0 saturated carbocycles. The average molecular weight is 265 g/mol. The maximum absolute atomic E-state index is 11.5. The number of carboxylic acids is 1. The number of rotatable bonds is 5. The van der Waals surface area contributed by atoms with Crippen LogP contribution >= 0.6 is 0 Å². The van der Waals surface area contributed by atoms with Gasteiger partial charge in [-0.05, 0) is 0 Å². The van der Waals surface area contributed by atoms with E-state index in [-0.39, 0.29) is 17.9 Å². The van der Waals surface area contributed by atoms with E-state index < -0.39 is 17.6 Å². The topological polar surface area (TPSA) is 133 Å². The number of hydrogen-bond donors (Lipinski definition) is 4. The number of amides is 1. The lowest BCUT2D eigenvalue weighted by Crippen LogP contribution is -2.27. The summed E-state index contributed by atoms with van der Waals surface area (Å²) < 4.78 is 1.55. The van der Waals surface area contributed by atoms with Crippen LogP contribution in [0.3, 0.4) is 0 Å². The number of H-pyrrole nitrogens is 2. The molecule has 9 heteroatoms. The first-order valence-electron chi connectivity index (χ1n) is 5.37. The smallest absolute Gasteiger partial charge is 0.356 e. The monoisotopic (exact) mass is 265 g/mol. The third kappa shape index (κ3) is 3.09. The molecule has 0 spiro atoms. The lowest BCUT2D eigenvalue weighted by Gasteiger charge is -2.03. The van der Waals surface area contributed by atoms with Gasteiger partial charge in [0.2, 0.25) is 0 Å². The van der Waals surface area contributed by atoms with Crippen LogP contribution in [0.5, 0.6) is 0 Å². The minimum Gasteiger partial charge on any atom is -0.476 e. The minimum absolute atomic E-state index is 0.0544. The van der Waals surface area contributed by atoms with Gasteiger partial charge in [-0.15, -0.1) is 0 Å². The normalized spacial score (nSPS) is 10.3. The number of carbonyl (C=O) groups is 2. The number of aromatic amines is 2. The van der Waals surface area contributed by atoms with Crippen LogP contribution in [0.25, 0.3) is 0 Å². The summed E-state index contributed by atoms with van der Waals surface area (Å²) in [4.78, 5) is 41.3. The fourth-order valence-corrected chi connectivity index (χ4v) is 1.44. The number of aromatic carboxylic acids is 1. The van der Waals surface area contributed by atoms with Crippen molar-refractivity contribution in [1.82, 2.24) is 24.8 Å². The van der Waals surface area contributed by atoms with Gasteiger partial charge >= 0.3 is 11.7 Å². The van der Waals surface area contributed by atoms with Gasteiger partial charge in [0.25, 0.3) is 5.91 Å². The van der Waals surface area contributed by atoms with Crippen molar-refractivity contribution in [2.24, 2.45) is 0 Å². The van der Waals surface area contributed by atoms with Crippen molar-refractivity contribution in [3.63, 3.8) is 0 Å². The zero-order valence-corrected chi connectivity index (χ0v) is 9.71. The summed E-state index contributed by atoms with van der Waals surface area (Å²) in [5.74, 6) is -1.52. The maximum atomic E-state index is 11.5. The van der Waals surface area contributed by atoms with Crippen LogP contribution < -0.4 is 11.0 Å². The lowest BCUT2D eigenvalue weighted by molar-refractivity contribution is 0.0690. The predicted molar refractivity (Wildman–Crippen MR) is 62.9 cm³/mol. The lowest BCUT2D eigenvalue weighted by atomic mass is 10.4. The second-order valence-electron chi connectivity index (χ2n) is 3.71. The zero-order chi connectivity index (χ0) is 13.8. The molecule has 2 aromatic rings. The summed E-state index contributed by atoms with van der Waals surface area (Å²) in [6.07, 6.45) is 4.01. The molecule has 0 aliphatic heterocycles. The van der Waals surface area contributed by atoms with Gasteiger partial charge in [-0.2, -0.15) is 0 Å². The summed E-state index contributed by atoms with van der Waals surface area (Å²) in [5, 5.41) is 11.3. The summed E-state index contributed by atoms with van der Waals surface area (Å²) >= 11 is 0. The number of nitrogens with zero attached hydrogens (tertiary/aromatic N) is 2. The number of nitrogens with one attached hydrogen (secondary N) is 3. The molecule has 0 aliphatic rings. The molecule has 2 rings (SSSR count). The van der Waals surface area contributed by atoms with Crippen molar-refractivity contribution in [1.29, 1.82) is 0 Å². The van der Waals surface area contributed by atoms with E-state index in [1.807, 2.05) is 0 Å². The van der Waals surface area contributed by atoms with Crippen molar-refractivity contribution < 1.29 is 14.7 Å². The predicted octanol–water partition coefficient (Wildman–Crippen LogP) is -0.972. The molecule has 100 valence electrons. The van der Waals surface area contributed by atoms with Crippen LogP contribution in [0.4, 0.5) is 0 Å². The molecule has 2 aromatic heterocycles. The van der Waals surface area contributed by atoms with Crippen LogP contribution in [0.1, 0.15) is 21.0 Å². The molecular weight excluding hydrogens is 254 g/mol. The molecule has 0 aliphatic carbocycles. The molecular formula is C10H11N5O4. The number of aromatic nitrogens is 4. The van der Waals surface area contributed by atoms with E-state index in [4.69, 9.17) is 5.11 Å². The Bertz CT molecular complexity index is 653. The number of imidazole rings is 2. The highest BCUT2D eigenvalue weighted by Gasteiger charge is 2.08. The molecule has 0 unspecified atom stereocenters. The molecule has 2 heterocycles. The largest absolute Gasteiger partial charge is 0.476 e. The van der Waals surface area contributed by atoms with Crippen molar-refractivity contribution in [3.05, 3.63) is 40.6 Å². The minimum atomic E-state index is -1.10. The van der Waals surface area contributed by atoms with Gasteiger partial charge in [-0.1, -0.05) is 0 Å². The van der Waals surface area contributed by atoms with E-state index in [1.165, 1.54) is 18.7 Å². The first kappa shape index (κ1) is 12.6. The number of carbonyl (C=O) groups excluding carboxylic acids is 1. The Kier molecular flexibility index (Phi) is 3.46. The molecule has 9 nitrogen and oxygen atoms in total. The van der Waals surface area contributed by atoms with E-state index in [2.05, 4.69) is 20.3 Å². The van der Waals surface area contributed by atoms with E-state index >= 15 is 0 Å². The van der Waals surface area contributed by atoms with Gasteiger partial charge in [-0.3, -0.25) is 4.79 Å². The SMILES string of the molecule is O=C(O)c1cn(CCNC(=O)c2c[nH]c(=O)[nH]2)cn1. The second-order valence-corrected chi connectivity index (χ2v) is 3.71. The van der Waals surface area contributed by atoms with E-state index in [0.29, 0.717) is 6.54 Å². The van der Waals surface area contributed by atoms with Crippen LogP contribution in [0.15, 0.2) is 23.5 Å². The van der Waals surface area contributed by atoms with Gasteiger partial charge in [0.05, 0.1) is 6.33 Å². The average Bonchev–Trinajstić information content (AvgIpc) is 2.98. The maximum Gasteiger partial charge on any atom is 0.356 e. The Morgan fingerprint density at radius 1 is 1.47 bits per heavy atom. The van der Waals surface area contributed by atoms with Crippen molar-refractivity contribution in [2.45, 2.75) is 6.54 Å². The first-order valence-corrected chi connectivity index (χ1v) is 5.37. The quantitative estimate of drug-likeness (QED) is 0.552. The fraction of sp³-hybridized carbons (Fsp3) is 0.200. The summed E-state index contributed by atoms with van der Waals surface area (Å²) in [6.45, 7) is 0.655. The van der Waals surface area contributed by atoms with Gasteiger partial charge < -0.3 is 25.0 Å². The Morgan fingerprint density at radius 3 is 2.84 bits per heavy atom. The third-order valence-electron chi connectivity index (χ3n) is 2.35. The Labute approximate surface area is 106 Å². The molecule has 4 N–H and O–H groups in total. The molecule has 0 saturated heterocycles. The van der Waals surface area contributed by atoms with Crippen LogP contribution in [0.2, 0.25) is 0 Å². The molecule has 19 heavy (non-hydrogen) atoms. The molecule has 1 amide bonds. The van der Waals surface area contributed by atoms with Crippen molar-refractivity contribution >= 4 is 11.9 Å². The van der Waals surface area contributed by atoms with Gasteiger partial charge in [0.15, 0.2) is 5.69 Å². The highest BCUT2D eigenvalue weighted by molar-refractivity contribution is 5.91. The highest BCUT2D eigenvalue weighted by Crippen LogP contribution is 1.95. The summed E-state index contributed by atoms with van der Waals surface area (Å²) in [7, 11) is 0. The molecule has 0 fully saturated rings. The standard InChI is InChI=1S/C10H11N5O4/c16-8(6-3-12-10(19)14-6)11-1-2-15-4-7(9(17)18)13-5-15/h3-5H,1-2H2,(H,11,16)(H,17,18)(H2,12,14,19). The second kappa shape index (κ2) is 5.21. The zero-order valence-electron chi connectivity index (χ0n) is 9.71. The van der Waals surface area contributed by atoms with E-state index in [0.717, 1.165) is 0 Å². The van der Waals surface area contributed by atoms with Crippen LogP contribution in [0, 0.1) is 0 Å². The summed E-state index contributed by atoms with van der Waals surface area (Å²) in [6, 6.07) is 0. The molecule has 0 atom stereocenters. The van der Waals surface area contributed by atoms with Crippen molar-refractivity contribution in [3.8, 4) is 0 Å². The summed E-state index contributed by atoms with van der Waals surface area (Å²) in [5.41, 5.74) is -0.367. The Balaban J connectivity index is 1.84. The van der Waals surface area contributed by atoms with E-state index in [1.54, 1.807) is 4.57 Å². The van der Waals surface area contributed by atoms with Gasteiger partial charge in [0, 0.05) is 25.5 Å². The van der Waals surface area contributed by atoms with Gasteiger partial charge in [-0.25, -0.2) is 14.6 Å². The molecule has 0 aromatic carbocycles. The first-order chi connectivity index (χ1) is 9.06. The molecule has 0 radical (unpaired) electrons. The van der Waals surface area contributed by atoms with E-state index in [9.17, 15) is 14.4 Å². The molecule has 0 bridgehead atoms. The third-order valence-corrected chi connectivity index (χ3v) is 2.35. The van der Waals surface area contributed by atoms with Gasteiger partial charge in [0.1, 0.15) is 5.69 Å². The highest BCUT2D eigenvalue weighted by atomic mass is 16.4. The van der Waals surface area contributed by atoms with Crippen LogP contribution in [-0.4, -0.2) is 43.0 Å². The number of carboxylic acid groups (broad SMARTS) is 1. The Hall–Kier alpha value is -2.84. The van der Waals surface area contributed by atoms with Crippen molar-refractivity contribution in [2.75, 3.05) is 6.54 Å². The Morgan fingerprint density at radius 2 is 2.26 bits per heavy atom. The fourth-order valence-electron chi connectivity index (χ4n) is 1.44.